The maximum Gasteiger partial charge on any atom is 0.328 e. The predicted octanol–water partition coefficient (Wildman–Crippen LogP) is 1.47. The van der Waals surface area contributed by atoms with Gasteiger partial charge in [0.1, 0.15) is 11.8 Å². The van der Waals surface area contributed by atoms with Gasteiger partial charge in [0.05, 0.1) is 18.8 Å². The molecule has 1 aromatic carbocycles. The van der Waals surface area contributed by atoms with Gasteiger partial charge in [-0.1, -0.05) is 0 Å². The quantitative estimate of drug-likeness (QED) is 0.795. The fraction of sp³-hybridized carbons (Fsp3) is 0.471. The number of carbonyl (C=O) groups is 3. The van der Waals surface area contributed by atoms with Gasteiger partial charge in [-0.25, -0.2) is 4.79 Å². The Bertz CT molecular complexity index is 625. The molecule has 7 heteroatoms. The number of ether oxygens (including phenoxy) is 2. The summed E-state index contributed by atoms with van der Waals surface area (Å²) in [6.45, 7) is 5.16. The van der Waals surface area contributed by atoms with Crippen LogP contribution in [0.5, 0.6) is 5.75 Å². The lowest BCUT2D eigenvalue weighted by Gasteiger charge is -2.18. The standard InChI is InChI=1S/C17H24N2O5/c1-10(2)24-14-9-12(16(21)19(4)5)7-8-13(14)15(20)18-11(3)17(22)23-6/h7-11H,1-6H3,(H,18,20)/t11-/m0/s1. The topological polar surface area (TPSA) is 84.9 Å². The van der Waals surface area contributed by atoms with Crippen molar-refractivity contribution in [2.75, 3.05) is 21.2 Å². The summed E-state index contributed by atoms with van der Waals surface area (Å²) in [6, 6.07) is 3.79. The molecule has 0 heterocycles. The number of methoxy groups -OCH3 is 1. The number of rotatable bonds is 6. The van der Waals surface area contributed by atoms with E-state index in [2.05, 4.69) is 10.1 Å². The number of amides is 2. The third-order valence-electron chi connectivity index (χ3n) is 3.14. The predicted molar refractivity (Wildman–Crippen MR) is 89.2 cm³/mol. The molecule has 0 bridgehead atoms. The van der Waals surface area contributed by atoms with Crippen LogP contribution >= 0.6 is 0 Å². The van der Waals surface area contributed by atoms with E-state index >= 15 is 0 Å². The molecule has 1 atom stereocenters. The molecule has 2 amide bonds. The molecule has 0 spiro atoms. The van der Waals surface area contributed by atoms with Crippen molar-refractivity contribution in [2.24, 2.45) is 0 Å². The minimum Gasteiger partial charge on any atom is -0.490 e. The average molecular weight is 336 g/mol. The van der Waals surface area contributed by atoms with E-state index in [-0.39, 0.29) is 23.3 Å². The van der Waals surface area contributed by atoms with Crippen LogP contribution in [0.1, 0.15) is 41.5 Å². The Kier molecular flexibility index (Phi) is 6.76. The molecule has 0 aliphatic rings. The maximum atomic E-state index is 12.4. The van der Waals surface area contributed by atoms with Crippen LogP contribution < -0.4 is 10.1 Å². The molecule has 0 unspecified atom stereocenters. The van der Waals surface area contributed by atoms with Gasteiger partial charge in [-0.3, -0.25) is 9.59 Å². The molecular weight excluding hydrogens is 312 g/mol. The first kappa shape index (κ1) is 19.5. The van der Waals surface area contributed by atoms with Crippen molar-refractivity contribution >= 4 is 17.8 Å². The lowest BCUT2D eigenvalue weighted by atomic mass is 10.1. The summed E-state index contributed by atoms with van der Waals surface area (Å²) in [5.74, 6) is -0.938. The molecule has 132 valence electrons. The number of hydrogen-bond donors (Lipinski definition) is 1. The number of carbonyl (C=O) groups excluding carboxylic acids is 3. The van der Waals surface area contributed by atoms with Crippen molar-refractivity contribution < 1.29 is 23.9 Å². The lowest BCUT2D eigenvalue weighted by molar-refractivity contribution is -0.142. The third-order valence-corrected chi connectivity index (χ3v) is 3.14. The normalized spacial score (nSPS) is 11.6. The minimum atomic E-state index is -0.794. The van der Waals surface area contributed by atoms with E-state index < -0.39 is 17.9 Å². The summed E-state index contributed by atoms with van der Waals surface area (Å²) < 4.78 is 10.2. The second-order valence-electron chi connectivity index (χ2n) is 5.80. The molecule has 0 aromatic heterocycles. The van der Waals surface area contributed by atoms with Crippen LogP contribution in [0.15, 0.2) is 18.2 Å². The largest absolute Gasteiger partial charge is 0.490 e. The van der Waals surface area contributed by atoms with Crippen LogP contribution in [0.4, 0.5) is 0 Å². The fourth-order valence-corrected chi connectivity index (χ4v) is 1.96. The van der Waals surface area contributed by atoms with Crippen molar-refractivity contribution in [3.05, 3.63) is 29.3 Å². The van der Waals surface area contributed by atoms with Crippen molar-refractivity contribution in [1.82, 2.24) is 10.2 Å². The first-order chi connectivity index (χ1) is 11.2. The Labute approximate surface area is 141 Å². The van der Waals surface area contributed by atoms with Gasteiger partial charge < -0.3 is 19.7 Å². The Morgan fingerprint density at radius 2 is 1.75 bits per heavy atom. The molecule has 0 fully saturated rings. The van der Waals surface area contributed by atoms with Gasteiger partial charge in [-0.05, 0) is 39.0 Å². The second-order valence-corrected chi connectivity index (χ2v) is 5.80. The minimum absolute atomic E-state index is 0.181. The SMILES string of the molecule is COC(=O)[C@H](C)NC(=O)c1ccc(C(=O)N(C)C)cc1OC(C)C. The summed E-state index contributed by atoms with van der Waals surface area (Å²) in [6.07, 6.45) is -0.181. The highest BCUT2D eigenvalue weighted by Crippen LogP contribution is 2.23. The molecule has 0 saturated carbocycles. The van der Waals surface area contributed by atoms with E-state index in [1.165, 1.54) is 31.1 Å². The van der Waals surface area contributed by atoms with E-state index in [9.17, 15) is 14.4 Å². The van der Waals surface area contributed by atoms with Gasteiger partial charge in [0.2, 0.25) is 0 Å². The Morgan fingerprint density at radius 3 is 2.25 bits per heavy atom. The molecule has 24 heavy (non-hydrogen) atoms. The van der Waals surface area contributed by atoms with Gasteiger partial charge in [0, 0.05) is 19.7 Å². The van der Waals surface area contributed by atoms with Gasteiger partial charge in [-0.15, -0.1) is 0 Å². The summed E-state index contributed by atoms with van der Waals surface area (Å²) in [5, 5.41) is 2.54. The summed E-state index contributed by atoms with van der Waals surface area (Å²) in [4.78, 5) is 37.4. The molecule has 0 saturated heterocycles. The highest BCUT2D eigenvalue weighted by molar-refractivity contribution is 6.01. The monoisotopic (exact) mass is 336 g/mol. The van der Waals surface area contributed by atoms with Crippen molar-refractivity contribution in [2.45, 2.75) is 32.9 Å². The van der Waals surface area contributed by atoms with E-state index in [4.69, 9.17) is 4.74 Å². The van der Waals surface area contributed by atoms with Crippen LogP contribution in [0.2, 0.25) is 0 Å². The zero-order valence-corrected chi connectivity index (χ0v) is 14.9. The molecule has 0 radical (unpaired) electrons. The highest BCUT2D eigenvalue weighted by atomic mass is 16.5. The molecule has 1 aromatic rings. The van der Waals surface area contributed by atoms with Crippen LogP contribution in [0.3, 0.4) is 0 Å². The number of nitrogens with zero attached hydrogens (tertiary/aromatic N) is 1. The van der Waals surface area contributed by atoms with Crippen LogP contribution in [-0.2, 0) is 9.53 Å². The Morgan fingerprint density at radius 1 is 1.12 bits per heavy atom. The third kappa shape index (κ3) is 4.97. The fourth-order valence-electron chi connectivity index (χ4n) is 1.96. The molecule has 0 aliphatic carbocycles. The molecule has 1 N–H and O–H groups in total. The van der Waals surface area contributed by atoms with Gasteiger partial charge in [0.15, 0.2) is 0 Å². The second kappa shape index (κ2) is 8.33. The molecule has 7 nitrogen and oxygen atoms in total. The lowest BCUT2D eigenvalue weighted by Crippen LogP contribution is -2.39. The average Bonchev–Trinajstić information content (AvgIpc) is 2.52. The highest BCUT2D eigenvalue weighted by Gasteiger charge is 2.21. The van der Waals surface area contributed by atoms with Gasteiger partial charge in [-0.2, -0.15) is 0 Å². The number of hydrogen-bond acceptors (Lipinski definition) is 5. The van der Waals surface area contributed by atoms with Crippen LogP contribution in [0.25, 0.3) is 0 Å². The molecule has 1 rings (SSSR count). The van der Waals surface area contributed by atoms with E-state index in [0.717, 1.165) is 0 Å². The molecular formula is C17H24N2O5. The summed E-state index contributed by atoms with van der Waals surface area (Å²) in [5.41, 5.74) is 0.656. The number of nitrogens with one attached hydrogen (secondary N) is 1. The van der Waals surface area contributed by atoms with E-state index in [0.29, 0.717) is 5.56 Å². The number of esters is 1. The van der Waals surface area contributed by atoms with E-state index in [1.54, 1.807) is 20.2 Å². The van der Waals surface area contributed by atoms with Crippen LogP contribution in [0, 0.1) is 0 Å². The summed E-state index contributed by atoms with van der Waals surface area (Å²) >= 11 is 0. The van der Waals surface area contributed by atoms with Crippen LogP contribution in [-0.4, -0.2) is 56.0 Å². The number of benzene rings is 1. The van der Waals surface area contributed by atoms with Gasteiger partial charge in [0.25, 0.3) is 11.8 Å². The zero-order valence-electron chi connectivity index (χ0n) is 14.9. The maximum absolute atomic E-state index is 12.4. The van der Waals surface area contributed by atoms with Crippen molar-refractivity contribution in [3.8, 4) is 5.75 Å². The zero-order chi connectivity index (χ0) is 18.4. The smallest absolute Gasteiger partial charge is 0.328 e. The first-order valence-electron chi connectivity index (χ1n) is 7.58. The van der Waals surface area contributed by atoms with Crippen molar-refractivity contribution in [3.63, 3.8) is 0 Å². The first-order valence-corrected chi connectivity index (χ1v) is 7.58. The Balaban J connectivity index is 3.14. The van der Waals surface area contributed by atoms with E-state index in [1.807, 2.05) is 13.8 Å². The summed E-state index contributed by atoms with van der Waals surface area (Å²) in [7, 11) is 4.54. The molecule has 0 aliphatic heterocycles. The van der Waals surface area contributed by atoms with Crippen molar-refractivity contribution in [1.29, 1.82) is 0 Å². The Hall–Kier alpha value is -2.57. The van der Waals surface area contributed by atoms with Gasteiger partial charge >= 0.3 is 5.97 Å².